The SMILES string of the molecule is N=NC=NN.[Mg]. The number of rotatable bonds is 1. The van der Waals surface area contributed by atoms with E-state index in [2.05, 4.69) is 16.1 Å². The van der Waals surface area contributed by atoms with Crippen LogP contribution >= 0.6 is 0 Å². The van der Waals surface area contributed by atoms with Gasteiger partial charge in [-0.2, -0.15) is 5.10 Å². The zero-order chi connectivity index (χ0) is 4.12. The second-order valence-corrected chi connectivity index (χ2v) is 0.394. The van der Waals surface area contributed by atoms with Gasteiger partial charge in [-0.3, -0.25) is 0 Å². The molecule has 0 aliphatic carbocycles. The average Bonchev–Trinajstić information content (AvgIpc) is 1.41. The predicted octanol–water partition coefficient (Wildman–Crippen LogP) is -0.461. The van der Waals surface area contributed by atoms with E-state index in [1.165, 1.54) is 0 Å². The van der Waals surface area contributed by atoms with Crippen LogP contribution in [-0.4, -0.2) is 29.4 Å². The Morgan fingerprint density at radius 3 is 2.17 bits per heavy atom. The highest BCUT2D eigenvalue weighted by molar-refractivity contribution is 5.75. The van der Waals surface area contributed by atoms with Gasteiger partial charge in [-0.05, 0) is 0 Å². The molecule has 0 aromatic rings. The number of nitrogens with two attached hydrogens (primary N) is 1. The highest BCUT2D eigenvalue weighted by atomic mass is 24.3. The van der Waals surface area contributed by atoms with Crippen LogP contribution in [0.3, 0.4) is 0 Å². The fourth-order valence-electron chi connectivity index (χ4n) is 0.0333. The Hall–Kier alpha value is -0.164. The third-order valence-electron chi connectivity index (χ3n) is 0.124. The summed E-state index contributed by atoms with van der Waals surface area (Å²) >= 11 is 0. The molecule has 0 atom stereocenters. The molecule has 0 spiro atoms. The zero-order valence-electron chi connectivity index (χ0n) is 3.26. The van der Waals surface area contributed by atoms with E-state index >= 15 is 0 Å². The molecule has 0 aromatic heterocycles. The van der Waals surface area contributed by atoms with Gasteiger partial charge in [0, 0.05) is 23.1 Å². The molecule has 6 heavy (non-hydrogen) atoms. The summed E-state index contributed by atoms with van der Waals surface area (Å²) in [5.74, 6) is 4.49. The first-order valence-electron chi connectivity index (χ1n) is 0.998. The maximum atomic E-state index is 6.00. The van der Waals surface area contributed by atoms with Gasteiger partial charge in [0.15, 0.2) is 6.34 Å². The Bertz CT molecular complexity index is 49.5. The molecule has 30 valence electrons. The van der Waals surface area contributed by atoms with Gasteiger partial charge < -0.3 is 5.84 Å². The van der Waals surface area contributed by atoms with Crippen molar-refractivity contribution in [2.75, 3.05) is 0 Å². The van der Waals surface area contributed by atoms with Crippen molar-refractivity contribution in [2.45, 2.75) is 0 Å². The van der Waals surface area contributed by atoms with E-state index in [1.54, 1.807) is 0 Å². The minimum atomic E-state index is 0. The smallest absolute Gasteiger partial charge is 0.156 e. The lowest BCUT2D eigenvalue weighted by molar-refractivity contribution is 1.17. The third-order valence-corrected chi connectivity index (χ3v) is 0.124. The molecule has 0 aromatic carbocycles. The predicted molar refractivity (Wildman–Crippen MR) is 23.6 cm³/mol. The number of hydrogen-bond donors (Lipinski definition) is 2. The second kappa shape index (κ2) is 8.85. The Labute approximate surface area is 51.5 Å². The molecule has 0 rings (SSSR count). The summed E-state index contributed by atoms with van der Waals surface area (Å²) in [5.41, 5.74) is 6.00. The highest BCUT2D eigenvalue weighted by Crippen LogP contribution is 1.44. The largest absolute Gasteiger partial charge is 0.322 e. The van der Waals surface area contributed by atoms with E-state index in [1.807, 2.05) is 0 Å². The summed E-state index contributed by atoms with van der Waals surface area (Å²) < 4.78 is 0. The topological polar surface area (TPSA) is 74.6 Å². The summed E-state index contributed by atoms with van der Waals surface area (Å²) in [6.07, 6.45) is 0.944. The van der Waals surface area contributed by atoms with Gasteiger partial charge in [0.25, 0.3) is 0 Å². The molecule has 2 radical (unpaired) electrons. The lowest BCUT2D eigenvalue weighted by Gasteiger charge is -1.58. The fourth-order valence-corrected chi connectivity index (χ4v) is 0.0333. The van der Waals surface area contributed by atoms with Crippen LogP contribution in [0.15, 0.2) is 10.2 Å². The van der Waals surface area contributed by atoms with Gasteiger partial charge >= 0.3 is 0 Å². The molecule has 5 heteroatoms. The second-order valence-electron chi connectivity index (χ2n) is 0.394. The minimum Gasteiger partial charge on any atom is -0.322 e. The Kier molecular flexibility index (Phi) is 13.7. The van der Waals surface area contributed by atoms with E-state index in [0.717, 1.165) is 6.34 Å². The van der Waals surface area contributed by atoms with E-state index in [-0.39, 0.29) is 23.1 Å². The molecular formula is CH4MgN4. The minimum absolute atomic E-state index is 0. The maximum absolute atomic E-state index is 6.00. The Morgan fingerprint density at radius 1 is 1.67 bits per heavy atom. The maximum Gasteiger partial charge on any atom is 0.156 e. The van der Waals surface area contributed by atoms with Crippen molar-refractivity contribution >= 4 is 29.4 Å². The van der Waals surface area contributed by atoms with Crippen molar-refractivity contribution in [3.63, 3.8) is 0 Å². The molecule has 3 N–H and O–H groups in total. The average molecular weight is 96.4 g/mol. The van der Waals surface area contributed by atoms with Crippen molar-refractivity contribution in [2.24, 2.45) is 16.1 Å². The Morgan fingerprint density at radius 2 is 2.17 bits per heavy atom. The normalized spacial score (nSPS) is 7.33. The van der Waals surface area contributed by atoms with Crippen molar-refractivity contribution in [3.8, 4) is 0 Å². The van der Waals surface area contributed by atoms with Crippen LogP contribution in [0.4, 0.5) is 0 Å². The van der Waals surface area contributed by atoms with Gasteiger partial charge in [-0.15, -0.1) is 5.11 Å². The summed E-state index contributed by atoms with van der Waals surface area (Å²) in [7, 11) is 0. The number of nitrogens with one attached hydrogen (secondary N) is 1. The molecule has 0 bridgehead atoms. The van der Waals surface area contributed by atoms with Crippen LogP contribution in [0.1, 0.15) is 0 Å². The van der Waals surface area contributed by atoms with Crippen LogP contribution in [-0.2, 0) is 0 Å². The van der Waals surface area contributed by atoms with Crippen molar-refractivity contribution < 1.29 is 0 Å². The standard InChI is InChI=1S/CH4N4.Mg/c2-4-1-5-3;/h1-2H,3H2;. The van der Waals surface area contributed by atoms with Gasteiger partial charge in [0.2, 0.25) is 0 Å². The molecule has 0 amide bonds. The molecular weight excluding hydrogens is 92.3 g/mol. The monoisotopic (exact) mass is 96.0 g/mol. The van der Waals surface area contributed by atoms with Crippen molar-refractivity contribution in [3.05, 3.63) is 0 Å². The quantitative estimate of drug-likeness (QED) is 0.114. The zero-order valence-corrected chi connectivity index (χ0v) is 4.67. The molecule has 0 aliphatic rings. The van der Waals surface area contributed by atoms with E-state index in [4.69, 9.17) is 5.53 Å². The van der Waals surface area contributed by atoms with E-state index in [9.17, 15) is 0 Å². The van der Waals surface area contributed by atoms with Crippen LogP contribution < -0.4 is 5.84 Å². The van der Waals surface area contributed by atoms with Crippen LogP contribution in [0, 0.1) is 5.53 Å². The molecule has 0 unspecified atom stereocenters. The van der Waals surface area contributed by atoms with Gasteiger partial charge in [-0.1, -0.05) is 0 Å². The van der Waals surface area contributed by atoms with Crippen LogP contribution in [0.2, 0.25) is 0 Å². The van der Waals surface area contributed by atoms with Crippen molar-refractivity contribution in [1.82, 2.24) is 0 Å². The molecule has 0 aliphatic heterocycles. The Balaban J connectivity index is 0. The molecule has 4 nitrogen and oxygen atoms in total. The molecule has 0 saturated carbocycles. The van der Waals surface area contributed by atoms with Gasteiger partial charge in [-0.25, -0.2) is 5.53 Å². The molecule has 0 saturated heterocycles. The first-order chi connectivity index (χ1) is 2.41. The first-order valence-corrected chi connectivity index (χ1v) is 0.998. The molecule has 0 fully saturated rings. The third kappa shape index (κ3) is 9.15. The highest BCUT2D eigenvalue weighted by Gasteiger charge is 1.43. The first kappa shape index (κ1) is 9.28. The van der Waals surface area contributed by atoms with Crippen molar-refractivity contribution in [1.29, 1.82) is 5.53 Å². The van der Waals surface area contributed by atoms with Gasteiger partial charge in [0.1, 0.15) is 0 Å². The summed E-state index contributed by atoms with van der Waals surface area (Å²) in [6.45, 7) is 0. The number of hydrogen-bond acceptors (Lipinski definition) is 3. The van der Waals surface area contributed by atoms with Crippen LogP contribution in [0.5, 0.6) is 0 Å². The molecule has 0 heterocycles. The summed E-state index contributed by atoms with van der Waals surface area (Å²) in [6, 6.07) is 0. The van der Waals surface area contributed by atoms with E-state index < -0.39 is 0 Å². The summed E-state index contributed by atoms with van der Waals surface area (Å²) in [4.78, 5) is 0. The lowest BCUT2D eigenvalue weighted by atomic mass is 11.4. The fraction of sp³-hybridized carbons (Fsp3) is 0. The lowest BCUT2D eigenvalue weighted by Crippen LogP contribution is -1.75. The van der Waals surface area contributed by atoms with E-state index in [0.29, 0.717) is 0 Å². The van der Waals surface area contributed by atoms with Gasteiger partial charge in [0.05, 0.1) is 0 Å². The number of hydrazone groups is 1. The van der Waals surface area contributed by atoms with Crippen LogP contribution in [0.25, 0.3) is 0 Å². The summed E-state index contributed by atoms with van der Waals surface area (Å²) in [5, 5.41) is 5.56. The number of nitrogens with zero attached hydrogens (tertiary/aromatic N) is 2.